The second-order valence-electron chi connectivity index (χ2n) is 17.3. The summed E-state index contributed by atoms with van der Waals surface area (Å²) in [6.07, 6.45) is 15.9. The van der Waals surface area contributed by atoms with Gasteiger partial charge in [-0.05, 0) is 12.8 Å². The van der Waals surface area contributed by atoms with E-state index >= 15 is 0 Å². The Morgan fingerprint density at radius 2 is 0.883 bits per heavy atom. The summed E-state index contributed by atoms with van der Waals surface area (Å²) in [6, 6.07) is 0. The maximum Gasteiger partial charge on any atom is 0.306 e. The Morgan fingerprint density at radius 3 is 1.35 bits per heavy atom. The summed E-state index contributed by atoms with van der Waals surface area (Å²) in [5.74, 6) is -0.373. The number of carbonyl (C=O) groups excluding carboxylic acids is 1. The molecule has 0 aromatic rings. The van der Waals surface area contributed by atoms with E-state index in [0.717, 1.165) is 38.5 Å². The Kier molecular flexibility index (Phi) is 32.5. The lowest BCUT2D eigenvalue weighted by molar-refractivity contribution is -0.332. The van der Waals surface area contributed by atoms with Crippen molar-refractivity contribution in [3.63, 3.8) is 0 Å². The molecular formula is C46H88O14. The minimum Gasteiger partial charge on any atom is -0.457 e. The molecule has 11 atom stereocenters. The maximum absolute atomic E-state index is 12.9. The fraction of sp³-hybridized carbons (Fsp3) is 0.978. The molecule has 0 aromatic heterocycles. The predicted molar refractivity (Wildman–Crippen MR) is 229 cm³/mol. The van der Waals surface area contributed by atoms with Crippen molar-refractivity contribution in [3.8, 4) is 0 Å². The highest BCUT2D eigenvalue weighted by atomic mass is 16.7. The molecule has 0 aromatic carbocycles. The third-order valence-corrected chi connectivity index (χ3v) is 11.9. The van der Waals surface area contributed by atoms with Gasteiger partial charge in [-0.3, -0.25) is 4.79 Å². The molecule has 2 heterocycles. The van der Waals surface area contributed by atoms with E-state index in [2.05, 4.69) is 13.8 Å². The zero-order valence-electron chi connectivity index (χ0n) is 37.5. The van der Waals surface area contributed by atoms with Crippen LogP contribution in [0.25, 0.3) is 0 Å². The van der Waals surface area contributed by atoms with E-state index in [9.17, 15) is 40.5 Å². The molecule has 2 aliphatic heterocycles. The van der Waals surface area contributed by atoms with Crippen molar-refractivity contribution in [1.29, 1.82) is 0 Å². The molecule has 0 radical (unpaired) electrons. The molecule has 2 aliphatic rings. The van der Waals surface area contributed by atoms with E-state index in [1.54, 1.807) is 0 Å². The number of aliphatic hydroxyl groups excluding tert-OH is 7. The Morgan fingerprint density at radius 1 is 0.483 bits per heavy atom. The minimum absolute atomic E-state index is 0.0697. The van der Waals surface area contributed by atoms with Gasteiger partial charge in [-0.1, -0.05) is 168 Å². The Bertz CT molecular complexity index is 1010. The molecule has 14 heteroatoms. The summed E-state index contributed by atoms with van der Waals surface area (Å²) in [5, 5.41) is 71.9. The van der Waals surface area contributed by atoms with Crippen molar-refractivity contribution in [3.05, 3.63) is 0 Å². The van der Waals surface area contributed by atoms with Crippen LogP contribution in [0.2, 0.25) is 0 Å². The third-order valence-electron chi connectivity index (χ3n) is 11.9. The molecule has 60 heavy (non-hydrogen) atoms. The van der Waals surface area contributed by atoms with E-state index in [1.807, 2.05) is 0 Å². The van der Waals surface area contributed by atoms with Crippen molar-refractivity contribution in [2.45, 2.75) is 255 Å². The first kappa shape index (κ1) is 55.1. The zero-order chi connectivity index (χ0) is 43.8. The number of hydrogen-bond acceptors (Lipinski definition) is 14. The first-order valence-electron chi connectivity index (χ1n) is 24.1. The summed E-state index contributed by atoms with van der Waals surface area (Å²) in [4.78, 5) is 12.9. The second-order valence-corrected chi connectivity index (χ2v) is 17.3. The average Bonchev–Trinajstić information content (AvgIpc) is 3.24. The molecule has 7 N–H and O–H groups in total. The van der Waals surface area contributed by atoms with Crippen molar-refractivity contribution in [2.75, 3.05) is 33.0 Å². The zero-order valence-corrected chi connectivity index (χ0v) is 37.5. The van der Waals surface area contributed by atoms with Crippen LogP contribution in [-0.4, -0.2) is 142 Å². The number of hydrogen-bond donors (Lipinski definition) is 7. The molecule has 0 bridgehead atoms. The molecule has 356 valence electrons. The second kappa shape index (κ2) is 35.4. The number of ether oxygens (including phenoxy) is 6. The van der Waals surface area contributed by atoms with Crippen LogP contribution in [0.15, 0.2) is 0 Å². The fourth-order valence-electron chi connectivity index (χ4n) is 7.87. The van der Waals surface area contributed by atoms with Gasteiger partial charge in [0, 0.05) is 13.0 Å². The maximum atomic E-state index is 12.9. The highest BCUT2D eigenvalue weighted by Crippen LogP contribution is 2.26. The molecular weight excluding hydrogens is 776 g/mol. The van der Waals surface area contributed by atoms with E-state index in [0.29, 0.717) is 13.0 Å². The quantitative estimate of drug-likeness (QED) is 0.0275. The lowest BCUT2D eigenvalue weighted by atomic mass is 9.98. The largest absolute Gasteiger partial charge is 0.457 e. The van der Waals surface area contributed by atoms with Crippen molar-refractivity contribution >= 4 is 5.97 Å². The summed E-state index contributed by atoms with van der Waals surface area (Å²) in [6.45, 7) is 3.71. The van der Waals surface area contributed by atoms with Gasteiger partial charge in [0.15, 0.2) is 12.6 Å². The number of aliphatic hydroxyl groups is 7. The van der Waals surface area contributed by atoms with E-state index in [1.165, 1.54) is 122 Å². The minimum atomic E-state index is -1.70. The Labute approximate surface area is 362 Å². The molecule has 0 amide bonds. The summed E-state index contributed by atoms with van der Waals surface area (Å²) in [7, 11) is 0. The average molecular weight is 865 g/mol. The SMILES string of the molecule is CCCCCCCCCCCCCCCOCC(COC1OC(COC2OC(CO)C(O)C(O)C2O)C(O)C(O)C1O)OC(=O)CCCCCCCCCCCCCCC. The Balaban J connectivity index is 1.79. The molecule has 14 nitrogen and oxygen atoms in total. The monoisotopic (exact) mass is 865 g/mol. The smallest absolute Gasteiger partial charge is 0.306 e. The van der Waals surface area contributed by atoms with Gasteiger partial charge in [0.2, 0.25) is 0 Å². The van der Waals surface area contributed by atoms with Crippen LogP contribution in [0.5, 0.6) is 0 Å². The standard InChI is InChI=1S/C46H88O14/c1-3-5-7-9-11-13-15-17-19-21-23-25-27-29-38(48)58-35(32-55-30-28-26-24-22-20-18-16-14-12-10-8-6-4-2)33-56-45-44(54)42(52)40(50)37(60-45)34-57-46-43(53)41(51)39(49)36(31-47)59-46/h35-37,39-47,49-54H,3-34H2,1-2H3. The van der Waals surface area contributed by atoms with Crippen molar-refractivity contribution in [2.24, 2.45) is 0 Å². The van der Waals surface area contributed by atoms with Gasteiger partial charge < -0.3 is 64.2 Å². The van der Waals surface area contributed by atoms with E-state index in [4.69, 9.17) is 28.4 Å². The summed E-state index contributed by atoms with van der Waals surface area (Å²) < 4.78 is 34.2. The van der Waals surface area contributed by atoms with Gasteiger partial charge in [0.05, 0.1) is 26.4 Å². The van der Waals surface area contributed by atoms with Crippen LogP contribution in [0.4, 0.5) is 0 Å². The highest BCUT2D eigenvalue weighted by Gasteiger charge is 2.47. The van der Waals surface area contributed by atoms with Crippen molar-refractivity contribution < 1.29 is 69.0 Å². The van der Waals surface area contributed by atoms with Crippen LogP contribution < -0.4 is 0 Å². The first-order valence-corrected chi connectivity index (χ1v) is 24.1. The third kappa shape index (κ3) is 23.6. The van der Waals surface area contributed by atoms with Gasteiger partial charge in [0.25, 0.3) is 0 Å². The lowest BCUT2D eigenvalue weighted by Crippen LogP contribution is -2.61. The normalized spacial score (nSPS) is 27.6. The molecule has 2 rings (SSSR count). The lowest BCUT2D eigenvalue weighted by Gasteiger charge is -2.42. The van der Waals surface area contributed by atoms with Crippen LogP contribution in [-0.2, 0) is 33.2 Å². The van der Waals surface area contributed by atoms with Crippen LogP contribution in [0.1, 0.15) is 187 Å². The van der Waals surface area contributed by atoms with Gasteiger partial charge in [0.1, 0.15) is 54.9 Å². The first-order chi connectivity index (χ1) is 29.1. The summed E-state index contributed by atoms with van der Waals surface area (Å²) in [5.41, 5.74) is 0. The molecule has 11 unspecified atom stereocenters. The number of rotatable bonds is 38. The number of carbonyl (C=O) groups is 1. The van der Waals surface area contributed by atoms with E-state index in [-0.39, 0.29) is 25.6 Å². The van der Waals surface area contributed by atoms with Gasteiger partial charge in [-0.25, -0.2) is 0 Å². The van der Waals surface area contributed by atoms with Crippen LogP contribution in [0.3, 0.4) is 0 Å². The van der Waals surface area contributed by atoms with Crippen LogP contribution in [0, 0.1) is 0 Å². The molecule has 0 spiro atoms. The fourth-order valence-corrected chi connectivity index (χ4v) is 7.87. The van der Waals surface area contributed by atoms with Gasteiger partial charge in [-0.2, -0.15) is 0 Å². The number of esters is 1. The molecule has 2 fully saturated rings. The number of unbranched alkanes of at least 4 members (excludes halogenated alkanes) is 24. The summed E-state index contributed by atoms with van der Waals surface area (Å²) >= 11 is 0. The Hall–Kier alpha value is -1.01. The topological polar surface area (TPSA) is 214 Å². The molecule has 0 saturated carbocycles. The highest BCUT2D eigenvalue weighted by molar-refractivity contribution is 5.69. The van der Waals surface area contributed by atoms with Gasteiger partial charge >= 0.3 is 5.97 Å². The molecule has 0 aliphatic carbocycles. The van der Waals surface area contributed by atoms with E-state index < -0.39 is 80.7 Å². The molecule has 2 saturated heterocycles. The van der Waals surface area contributed by atoms with Gasteiger partial charge in [-0.15, -0.1) is 0 Å². The van der Waals surface area contributed by atoms with Crippen molar-refractivity contribution in [1.82, 2.24) is 0 Å². The predicted octanol–water partition coefficient (Wildman–Crippen LogP) is 6.13. The van der Waals surface area contributed by atoms with Crippen LogP contribution >= 0.6 is 0 Å².